The maximum absolute atomic E-state index is 12.2. The van der Waals surface area contributed by atoms with Crippen LogP contribution in [0.4, 0.5) is 11.4 Å². The fourth-order valence-electron chi connectivity index (χ4n) is 2.85. The van der Waals surface area contributed by atoms with E-state index in [2.05, 4.69) is 5.32 Å². The fraction of sp³-hybridized carbons (Fsp3) is 0.125. The highest BCUT2D eigenvalue weighted by molar-refractivity contribution is 5.94. The van der Waals surface area contributed by atoms with Crippen molar-refractivity contribution in [3.63, 3.8) is 0 Å². The predicted molar refractivity (Wildman–Crippen MR) is 115 cm³/mol. The van der Waals surface area contributed by atoms with Gasteiger partial charge in [0.25, 0.3) is 0 Å². The molecule has 6 nitrogen and oxygen atoms in total. The van der Waals surface area contributed by atoms with Gasteiger partial charge in [0.15, 0.2) is 0 Å². The number of ether oxygens (including phenoxy) is 1. The SMILES string of the molecule is CC(=O)N(CCC(=O)Nc1ccc(C#N)cc1)c1ccc(Oc2ccccc2)cc1. The summed E-state index contributed by atoms with van der Waals surface area (Å²) >= 11 is 0. The van der Waals surface area contributed by atoms with Gasteiger partial charge in [-0.25, -0.2) is 0 Å². The molecule has 0 radical (unpaired) electrons. The summed E-state index contributed by atoms with van der Waals surface area (Å²) < 4.78 is 5.77. The van der Waals surface area contributed by atoms with Crippen LogP contribution in [0.3, 0.4) is 0 Å². The number of nitrogens with zero attached hydrogens (tertiary/aromatic N) is 2. The molecule has 0 heterocycles. The number of hydrogen-bond donors (Lipinski definition) is 1. The van der Waals surface area contributed by atoms with E-state index >= 15 is 0 Å². The molecule has 0 saturated heterocycles. The summed E-state index contributed by atoms with van der Waals surface area (Å²) in [6.45, 7) is 1.71. The van der Waals surface area contributed by atoms with Crippen molar-refractivity contribution in [2.24, 2.45) is 0 Å². The fourth-order valence-corrected chi connectivity index (χ4v) is 2.85. The Balaban J connectivity index is 1.59. The molecule has 3 aromatic carbocycles. The molecule has 0 spiro atoms. The summed E-state index contributed by atoms with van der Waals surface area (Å²) in [5.74, 6) is 1.02. The van der Waals surface area contributed by atoms with Gasteiger partial charge in [0, 0.05) is 31.3 Å². The Bertz CT molecular complexity index is 1040. The first-order chi connectivity index (χ1) is 14.5. The molecular weight excluding hydrogens is 378 g/mol. The Kier molecular flexibility index (Phi) is 6.80. The van der Waals surface area contributed by atoms with Crippen LogP contribution < -0.4 is 15.0 Å². The summed E-state index contributed by atoms with van der Waals surface area (Å²) in [6.07, 6.45) is 0.141. The van der Waals surface area contributed by atoms with Gasteiger partial charge in [0.1, 0.15) is 11.5 Å². The molecule has 2 amide bonds. The quantitative estimate of drug-likeness (QED) is 0.622. The number of rotatable bonds is 7. The molecule has 0 aliphatic heterocycles. The van der Waals surface area contributed by atoms with Gasteiger partial charge in [-0.05, 0) is 60.7 Å². The van der Waals surface area contributed by atoms with Crippen molar-refractivity contribution in [2.75, 3.05) is 16.8 Å². The minimum absolute atomic E-state index is 0.141. The largest absolute Gasteiger partial charge is 0.457 e. The molecule has 0 saturated carbocycles. The van der Waals surface area contributed by atoms with E-state index in [4.69, 9.17) is 10.00 Å². The van der Waals surface area contributed by atoms with Crippen LogP contribution in [-0.4, -0.2) is 18.4 Å². The first kappa shape index (κ1) is 20.6. The second-order valence-corrected chi connectivity index (χ2v) is 6.57. The maximum atomic E-state index is 12.2. The van der Waals surface area contributed by atoms with Crippen LogP contribution in [0.25, 0.3) is 0 Å². The van der Waals surface area contributed by atoms with Gasteiger partial charge in [0.2, 0.25) is 11.8 Å². The lowest BCUT2D eigenvalue weighted by molar-refractivity contribution is -0.117. The number of benzene rings is 3. The van der Waals surface area contributed by atoms with E-state index in [1.165, 1.54) is 6.92 Å². The third-order valence-electron chi connectivity index (χ3n) is 4.37. The molecule has 30 heavy (non-hydrogen) atoms. The molecule has 0 atom stereocenters. The summed E-state index contributed by atoms with van der Waals surface area (Å²) in [6, 6.07) is 25.2. The topological polar surface area (TPSA) is 82.4 Å². The smallest absolute Gasteiger partial charge is 0.226 e. The van der Waals surface area contributed by atoms with Crippen molar-refractivity contribution < 1.29 is 14.3 Å². The summed E-state index contributed by atoms with van der Waals surface area (Å²) in [5.41, 5.74) is 1.82. The highest BCUT2D eigenvalue weighted by atomic mass is 16.5. The molecule has 1 N–H and O–H groups in total. The number of anilines is 2. The van der Waals surface area contributed by atoms with Crippen LogP contribution in [0.2, 0.25) is 0 Å². The average molecular weight is 399 g/mol. The maximum Gasteiger partial charge on any atom is 0.226 e. The molecule has 0 unspecified atom stereocenters. The second kappa shape index (κ2) is 9.89. The van der Waals surface area contributed by atoms with Crippen LogP contribution in [-0.2, 0) is 9.59 Å². The van der Waals surface area contributed by atoms with Gasteiger partial charge in [0.05, 0.1) is 11.6 Å². The van der Waals surface area contributed by atoms with Gasteiger partial charge in [-0.2, -0.15) is 5.26 Å². The highest BCUT2D eigenvalue weighted by Crippen LogP contribution is 2.24. The molecular formula is C24H21N3O3. The number of carbonyl (C=O) groups is 2. The lowest BCUT2D eigenvalue weighted by Gasteiger charge is -2.21. The molecule has 0 aliphatic carbocycles. The lowest BCUT2D eigenvalue weighted by Crippen LogP contribution is -2.31. The molecule has 0 fully saturated rings. The molecule has 6 heteroatoms. The van der Waals surface area contributed by atoms with Gasteiger partial charge >= 0.3 is 0 Å². The zero-order chi connectivity index (χ0) is 21.3. The van der Waals surface area contributed by atoms with Crippen molar-refractivity contribution in [2.45, 2.75) is 13.3 Å². The van der Waals surface area contributed by atoms with E-state index in [1.807, 2.05) is 36.4 Å². The Hall–Kier alpha value is -4.11. The van der Waals surface area contributed by atoms with Crippen LogP contribution in [0, 0.1) is 11.3 Å². The third kappa shape index (κ3) is 5.69. The highest BCUT2D eigenvalue weighted by Gasteiger charge is 2.14. The zero-order valence-corrected chi connectivity index (χ0v) is 16.5. The molecule has 150 valence electrons. The standard InChI is InChI=1S/C24H21N3O3/c1-18(28)27(16-15-24(29)26-20-9-7-19(17-25)8-10-20)21-11-13-23(14-12-21)30-22-5-3-2-4-6-22/h2-14H,15-16H2,1H3,(H,26,29). The summed E-state index contributed by atoms with van der Waals surface area (Å²) in [4.78, 5) is 25.9. The molecule has 0 bridgehead atoms. The van der Waals surface area contributed by atoms with Crippen LogP contribution in [0.1, 0.15) is 18.9 Å². The van der Waals surface area contributed by atoms with E-state index in [1.54, 1.807) is 53.4 Å². The van der Waals surface area contributed by atoms with Crippen molar-refractivity contribution >= 4 is 23.2 Å². The second-order valence-electron chi connectivity index (χ2n) is 6.57. The van der Waals surface area contributed by atoms with Gasteiger partial charge in [-0.3, -0.25) is 9.59 Å². The van der Waals surface area contributed by atoms with E-state index in [0.717, 1.165) is 5.75 Å². The minimum Gasteiger partial charge on any atom is -0.457 e. The van der Waals surface area contributed by atoms with Gasteiger partial charge in [-0.15, -0.1) is 0 Å². The lowest BCUT2D eigenvalue weighted by atomic mass is 10.2. The van der Waals surface area contributed by atoms with Crippen LogP contribution in [0.15, 0.2) is 78.9 Å². The average Bonchev–Trinajstić information content (AvgIpc) is 2.76. The minimum atomic E-state index is -0.213. The molecule has 3 rings (SSSR count). The summed E-state index contributed by atoms with van der Waals surface area (Å²) in [5, 5.41) is 11.6. The number of hydrogen-bond acceptors (Lipinski definition) is 4. The normalized spacial score (nSPS) is 10.0. The van der Waals surface area contributed by atoms with E-state index in [9.17, 15) is 9.59 Å². The number of nitriles is 1. The zero-order valence-electron chi connectivity index (χ0n) is 16.5. The molecule has 0 aromatic heterocycles. The monoisotopic (exact) mass is 399 g/mol. The first-order valence-corrected chi connectivity index (χ1v) is 9.46. The Labute approximate surface area is 175 Å². The first-order valence-electron chi connectivity index (χ1n) is 9.46. The Morgan fingerprint density at radius 2 is 1.57 bits per heavy atom. The number of nitrogens with one attached hydrogen (secondary N) is 1. The molecule has 0 aliphatic rings. The van der Waals surface area contributed by atoms with Crippen molar-refractivity contribution in [1.29, 1.82) is 5.26 Å². The number of amides is 2. The number of para-hydroxylation sites is 1. The summed E-state index contributed by atoms with van der Waals surface area (Å²) in [7, 11) is 0. The van der Waals surface area contributed by atoms with E-state index in [0.29, 0.717) is 22.7 Å². The van der Waals surface area contributed by atoms with E-state index < -0.39 is 0 Å². The molecule has 3 aromatic rings. The van der Waals surface area contributed by atoms with E-state index in [-0.39, 0.29) is 24.8 Å². The van der Waals surface area contributed by atoms with Crippen LogP contribution in [0.5, 0.6) is 11.5 Å². The van der Waals surface area contributed by atoms with Crippen molar-refractivity contribution in [3.8, 4) is 17.6 Å². The Morgan fingerprint density at radius 1 is 0.933 bits per heavy atom. The van der Waals surface area contributed by atoms with Crippen molar-refractivity contribution in [3.05, 3.63) is 84.4 Å². The number of carbonyl (C=O) groups excluding carboxylic acids is 2. The Morgan fingerprint density at radius 3 is 2.17 bits per heavy atom. The van der Waals surface area contributed by atoms with Gasteiger partial charge in [-0.1, -0.05) is 18.2 Å². The van der Waals surface area contributed by atoms with Gasteiger partial charge < -0.3 is 15.0 Å². The predicted octanol–water partition coefficient (Wildman–Crippen LogP) is 4.73. The third-order valence-corrected chi connectivity index (χ3v) is 4.37. The van der Waals surface area contributed by atoms with Crippen LogP contribution >= 0.6 is 0 Å². The van der Waals surface area contributed by atoms with Crippen molar-refractivity contribution in [1.82, 2.24) is 0 Å².